The number of hydrogen-bond donors (Lipinski definition) is 0. The van der Waals surface area contributed by atoms with Gasteiger partial charge in [-0.3, -0.25) is 9.59 Å². The second-order valence-electron chi connectivity index (χ2n) is 11.9. The number of ether oxygens (including phenoxy) is 1. The Morgan fingerprint density at radius 2 is 0.532 bits per heavy atom. The van der Waals surface area contributed by atoms with Crippen LogP contribution in [0.3, 0.4) is 0 Å². The second-order valence-corrected chi connectivity index (χ2v) is 11.9. The third-order valence-electron chi connectivity index (χ3n) is 9.24. The SMILES string of the molecule is O=C(CCC(c1ccccc1)(c1ccccc1)c1ccccc1)OC(=O)CCC(c1ccccc1)(c1ccccc1)c1ccccc1. The van der Waals surface area contributed by atoms with Gasteiger partial charge in [0.1, 0.15) is 0 Å². The Bertz CT molecular complexity index is 1520. The summed E-state index contributed by atoms with van der Waals surface area (Å²) in [5.74, 6) is -1.04. The van der Waals surface area contributed by atoms with Crippen molar-refractivity contribution in [1.82, 2.24) is 0 Å². The molecule has 0 aromatic heterocycles. The van der Waals surface area contributed by atoms with Crippen LogP contribution < -0.4 is 0 Å². The van der Waals surface area contributed by atoms with Gasteiger partial charge in [-0.1, -0.05) is 182 Å². The van der Waals surface area contributed by atoms with Crippen molar-refractivity contribution in [2.45, 2.75) is 36.5 Å². The Labute approximate surface area is 277 Å². The molecule has 0 bridgehead atoms. The largest absolute Gasteiger partial charge is 0.393 e. The zero-order valence-corrected chi connectivity index (χ0v) is 26.4. The number of benzene rings is 6. The van der Waals surface area contributed by atoms with Gasteiger partial charge in [0.15, 0.2) is 0 Å². The zero-order chi connectivity index (χ0) is 32.4. The standard InChI is InChI=1S/C44H38O3/c45-41(31-33-43(35-19-7-1-8-20-35,36-21-9-2-10-22-36)37-23-11-3-12-24-37)47-42(46)32-34-44(38-25-13-4-14-26-38,39-27-15-5-16-28-39)40-29-17-6-18-30-40/h1-30H,31-34H2. The van der Waals surface area contributed by atoms with Crippen LogP contribution in [0.25, 0.3) is 0 Å². The summed E-state index contributed by atoms with van der Waals surface area (Å²) in [6, 6.07) is 61.5. The molecule has 0 radical (unpaired) electrons. The molecule has 0 aliphatic carbocycles. The predicted molar refractivity (Wildman–Crippen MR) is 188 cm³/mol. The van der Waals surface area contributed by atoms with Crippen LogP contribution in [0.1, 0.15) is 59.1 Å². The van der Waals surface area contributed by atoms with E-state index in [1.54, 1.807) is 0 Å². The molecule has 0 amide bonds. The van der Waals surface area contributed by atoms with Gasteiger partial charge in [-0.05, 0) is 46.2 Å². The van der Waals surface area contributed by atoms with Crippen molar-refractivity contribution in [2.24, 2.45) is 0 Å². The van der Waals surface area contributed by atoms with Gasteiger partial charge in [0.25, 0.3) is 0 Å². The van der Waals surface area contributed by atoms with Gasteiger partial charge in [-0.2, -0.15) is 0 Å². The van der Waals surface area contributed by atoms with Crippen molar-refractivity contribution in [3.8, 4) is 0 Å². The van der Waals surface area contributed by atoms with Gasteiger partial charge in [0.2, 0.25) is 0 Å². The highest BCUT2D eigenvalue weighted by atomic mass is 16.6. The summed E-state index contributed by atoms with van der Waals surface area (Å²) in [5, 5.41) is 0. The Morgan fingerprint density at radius 1 is 0.340 bits per heavy atom. The average molecular weight is 615 g/mol. The number of esters is 2. The lowest BCUT2D eigenvalue weighted by Crippen LogP contribution is -2.32. The molecule has 232 valence electrons. The van der Waals surface area contributed by atoms with Crippen molar-refractivity contribution in [1.29, 1.82) is 0 Å². The summed E-state index contributed by atoms with van der Waals surface area (Å²) >= 11 is 0. The van der Waals surface area contributed by atoms with Crippen LogP contribution >= 0.6 is 0 Å². The molecule has 3 heteroatoms. The highest BCUT2D eigenvalue weighted by molar-refractivity contribution is 5.85. The van der Waals surface area contributed by atoms with Crippen LogP contribution in [-0.2, 0) is 25.2 Å². The third-order valence-corrected chi connectivity index (χ3v) is 9.24. The minimum Gasteiger partial charge on any atom is -0.393 e. The predicted octanol–water partition coefficient (Wildman–Crippen LogP) is 9.69. The number of carbonyl (C=O) groups is 2. The lowest BCUT2D eigenvalue weighted by atomic mass is 9.66. The normalized spacial score (nSPS) is 11.5. The molecule has 0 heterocycles. The van der Waals surface area contributed by atoms with Crippen LogP contribution in [0.4, 0.5) is 0 Å². The fourth-order valence-electron chi connectivity index (χ4n) is 7.01. The highest BCUT2D eigenvalue weighted by Crippen LogP contribution is 2.44. The van der Waals surface area contributed by atoms with Crippen LogP contribution in [0.15, 0.2) is 182 Å². The molecule has 0 N–H and O–H groups in total. The molecule has 47 heavy (non-hydrogen) atoms. The number of carbonyl (C=O) groups excluding carboxylic acids is 2. The van der Waals surface area contributed by atoms with E-state index in [9.17, 15) is 9.59 Å². The van der Waals surface area contributed by atoms with E-state index >= 15 is 0 Å². The Kier molecular flexibility index (Phi) is 9.84. The second kappa shape index (κ2) is 14.7. The highest BCUT2D eigenvalue weighted by Gasteiger charge is 2.38. The summed E-state index contributed by atoms with van der Waals surface area (Å²) in [6.07, 6.45) is 1.04. The van der Waals surface area contributed by atoms with E-state index in [0.717, 1.165) is 33.4 Å². The molecular formula is C44H38O3. The number of hydrogen-bond acceptors (Lipinski definition) is 3. The first-order valence-corrected chi connectivity index (χ1v) is 16.2. The molecule has 3 nitrogen and oxygen atoms in total. The summed E-state index contributed by atoms with van der Waals surface area (Å²) < 4.78 is 5.58. The van der Waals surface area contributed by atoms with Crippen LogP contribution in [0.2, 0.25) is 0 Å². The summed E-state index contributed by atoms with van der Waals surface area (Å²) in [6.45, 7) is 0. The molecule has 0 fully saturated rings. The first-order chi connectivity index (χ1) is 23.1. The van der Waals surface area contributed by atoms with Gasteiger partial charge in [0.05, 0.1) is 0 Å². The lowest BCUT2D eigenvalue weighted by molar-refractivity contribution is -0.160. The maximum Gasteiger partial charge on any atom is 0.313 e. The average Bonchev–Trinajstić information content (AvgIpc) is 3.15. The molecule has 0 saturated heterocycles. The van der Waals surface area contributed by atoms with Crippen molar-refractivity contribution in [2.75, 3.05) is 0 Å². The maximum absolute atomic E-state index is 13.5. The van der Waals surface area contributed by atoms with Gasteiger partial charge < -0.3 is 4.74 Å². The van der Waals surface area contributed by atoms with E-state index < -0.39 is 22.8 Å². The molecule has 6 rings (SSSR count). The Hall–Kier alpha value is -5.54. The van der Waals surface area contributed by atoms with E-state index in [1.807, 2.05) is 109 Å². The molecule has 0 aliphatic rings. The van der Waals surface area contributed by atoms with E-state index in [0.29, 0.717) is 12.8 Å². The van der Waals surface area contributed by atoms with Crippen LogP contribution in [-0.4, -0.2) is 11.9 Å². The molecule has 0 unspecified atom stereocenters. The Morgan fingerprint density at radius 3 is 0.723 bits per heavy atom. The van der Waals surface area contributed by atoms with Crippen LogP contribution in [0.5, 0.6) is 0 Å². The van der Waals surface area contributed by atoms with Gasteiger partial charge >= 0.3 is 11.9 Å². The van der Waals surface area contributed by atoms with Crippen LogP contribution in [0, 0.1) is 0 Å². The molecule has 0 saturated carbocycles. The molecule has 0 spiro atoms. The minimum atomic E-state index is -0.602. The fraction of sp³-hybridized carbons (Fsp3) is 0.136. The number of rotatable bonds is 12. The fourth-order valence-corrected chi connectivity index (χ4v) is 7.01. The van der Waals surface area contributed by atoms with Crippen molar-refractivity contribution < 1.29 is 14.3 Å². The summed E-state index contributed by atoms with van der Waals surface area (Å²) in [5.41, 5.74) is 5.27. The molecular weight excluding hydrogens is 576 g/mol. The summed E-state index contributed by atoms with van der Waals surface area (Å²) in [4.78, 5) is 27.0. The smallest absolute Gasteiger partial charge is 0.313 e. The molecule has 6 aromatic carbocycles. The van der Waals surface area contributed by atoms with Gasteiger partial charge in [0, 0.05) is 23.7 Å². The molecule has 0 aliphatic heterocycles. The van der Waals surface area contributed by atoms with E-state index in [-0.39, 0.29) is 12.8 Å². The molecule has 6 aromatic rings. The van der Waals surface area contributed by atoms with E-state index in [4.69, 9.17) is 4.74 Å². The first-order valence-electron chi connectivity index (χ1n) is 16.2. The van der Waals surface area contributed by atoms with E-state index in [1.165, 1.54) is 0 Å². The van der Waals surface area contributed by atoms with Crippen molar-refractivity contribution in [3.05, 3.63) is 215 Å². The summed E-state index contributed by atoms with van der Waals surface area (Å²) in [7, 11) is 0. The third kappa shape index (κ3) is 6.71. The first kappa shape index (κ1) is 31.4. The monoisotopic (exact) mass is 614 g/mol. The minimum absolute atomic E-state index is 0.0750. The van der Waals surface area contributed by atoms with Crippen molar-refractivity contribution in [3.63, 3.8) is 0 Å². The lowest BCUT2D eigenvalue weighted by Gasteiger charge is -2.36. The van der Waals surface area contributed by atoms with E-state index in [2.05, 4.69) is 72.8 Å². The van der Waals surface area contributed by atoms with Crippen molar-refractivity contribution >= 4 is 11.9 Å². The quantitative estimate of drug-likeness (QED) is 0.0783. The maximum atomic E-state index is 13.5. The van der Waals surface area contributed by atoms with Gasteiger partial charge in [-0.25, -0.2) is 0 Å². The van der Waals surface area contributed by atoms with Gasteiger partial charge in [-0.15, -0.1) is 0 Å². The molecule has 0 atom stereocenters. The topological polar surface area (TPSA) is 43.4 Å². The Balaban J connectivity index is 1.26. The zero-order valence-electron chi connectivity index (χ0n) is 26.4.